The first kappa shape index (κ1) is 23.7. The molecule has 4 aromatic rings. The molecule has 1 fully saturated rings. The molecular formula is C26H27FN6O3. The molecule has 1 unspecified atom stereocenters. The van der Waals surface area contributed by atoms with E-state index < -0.39 is 0 Å². The van der Waals surface area contributed by atoms with Gasteiger partial charge in [-0.2, -0.15) is 4.98 Å². The van der Waals surface area contributed by atoms with Gasteiger partial charge in [-0.25, -0.2) is 9.37 Å². The molecule has 36 heavy (non-hydrogen) atoms. The smallest absolute Gasteiger partial charge is 0.257 e. The number of aromatic nitrogens is 4. The van der Waals surface area contributed by atoms with E-state index in [0.717, 1.165) is 22.6 Å². The second kappa shape index (κ2) is 10.3. The van der Waals surface area contributed by atoms with E-state index in [1.165, 1.54) is 12.1 Å². The zero-order valence-electron chi connectivity index (χ0n) is 20.2. The third-order valence-corrected chi connectivity index (χ3v) is 6.44. The van der Waals surface area contributed by atoms with Crippen LogP contribution in [-0.2, 0) is 17.9 Å². The van der Waals surface area contributed by atoms with Crippen molar-refractivity contribution in [1.29, 1.82) is 0 Å². The largest absolute Gasteiger partial charge is 0.497 e. The predicted octanol–water partition coefficient (Wildman–Crippen LogP) is 3.53. The van der Waals surface area contributed by atoms with E-state index in [9.17, 15) is 9.18 Å². The summed E-state index contributed by atoms with van der Waals surface area (Å²) in [7, 11) is 1.61. The van der Waals surface area contributed by atoms with Gasteiger partial charge in [-0.15, -0.1) is 0 Å². The number of methoxy groups -OCH3 is 1. The molecule has 186 valence electrons. The topological polar surface area (TPSA) is 89.5 Å². The first-order valence-corrected chi connectivity index (χ1v) is 11.7. The Hall–Kier alpha value is -4.05. The highest BCUT2D eigenvalue weighted by atomic mass is 19.1. The van der Waals surface area contributed by atoms with Crippen molar-refractivity contribution in [2.45, 2.75) is 26.1 Å². The van der Waals surface area contributed by atoms with Crippen LogP contribution < -0.4 is 4.74 Å². The van der Waals surface area contributed by atoms with E-state index in [1.807, 2.05) is 37.4 Å². The number of carbonyl (C=O) groups is 1. The summed E-state index contributed by atoms with van der Waals surface area (Å²) in [6, 6.07) is 13.8. The minimum absolute atomic E-state index is 0.00164. The minimum atomic E-state index is -0.258. The Kier molecular flexibility index (Phi) is 6.77. The molecule has 2 aromatic carbocycles. The molecule has 3 heterocycles. The van der Waals surface area contributed by atoms with Crippen molar-refractivity contribution in [1.82, 2.24) is 29.5 Å². The molecule has 0 saturated carbocycles. The number of hydrogen-bond donors (Lipinski definition) is 0. The molecule has 0 bridgehead atoms. The van der Waals surface area contributed by atoms with Crippen LogP contribution in [0, 0.1) is 5.82 Å². The van der Waals surface area contributed by atoms with Crippen LogP contribution in [0.5, 0.6) is 5.75 Å². The van der Waals surface area contributed by atoms with Crippen LogP contribution in [0.25, 0.3) is 11.5 Å². The van der Waals surface area contributed by atoms with Gasteiger partial charge in [0.05, 0.1) is 38.3 Å². The zero-order valence-corrected chi connectivity index (χ0v) is 20.2. The molecule has 10 heteroatoms. The maximum absolute atomic E-state index is 13.3. The van der Waals surface area contributed by atoms with Crippen molar-refractivity contribution >= 4 is 5.91 Å². The standard InChI is InChI=1S/C26H27FN6O3/c1-18(19-3-7-21(27)8-4-19)33-17-28-13-22(33)14-31-11-12-32(25(34)16-31)15-24-29-26(36-30-24)20-5-9-23(35-2)10-6-20/h3-10,13,17-18H,11-12,14-16H2,1-2H3. The SMILES string of the molecule is COc1ccc(-c2nc(CN3CCN(Cc4cncn4C(C)c4ccc(F)cc4)CC3=O)no2)cc1. The fraction of sp³-hybridized carbons (Fsp3) is 0.308. The maximum Gasteiger partial charge on any atom is 0.257 e. The molecule has 9 nitrogen and oxygen atoms in total. The number of rotatable bonds is 8. The van der Waals surface area contributed by atoms with Crippen molar-refractivity contribution < 1.29 is 18.4 Å². The molecule has 1 aliphatic heterocycles. The Balaban J connectivity index is 1.18. The van der Waals surface area contributed by atoms with Crippen molar-refractivity contribution in [2.24, 2.45) is 0 Å². The van der Waals surface area contributed by atoms with Crippen molar-refractivity contribution in [3.63, 3.8) is 0 Å². The van der Waals surface area contributed by atoms with Crippen LogP contribution in [0.2, 0.25) is 0 Å². The Morgan fingerprint density at radius 1 is 1.08 bits per heavy atom. The summed E-state index contributed by atoms with van der Waals surface area (Å²) in [6.45, 7) is 4.50. The fourth-order valence-corrected chi connectivity index (χ4v) is 4.33. The lowest BCUT2D eigenvalue weighted by Gasteiger charge is -2.34. The molecule has 0 aliphatic carbocycles. The van der Waals surface area contributed by atoms with E-state index >= 15 is 0 Å². The van der Waals surface area contributed by atoms with Crippen LogP contribution in [-0.4, -0.2) is 62.1 Å². The number of benzene rings is 2. The van der Waals surface area contributed by atoms with E-state index in [2.05, 4.69) is 24.6 Å². The Morgan fingerprint density at radius 3 is 2.58 bits per heavy atom. The maximum atomic E-state index is 13.3. The lowest BCUT2D eigenvalue weighted by molar-refractivity contribution is -0.137. The number of hydrogen-bond acceptors (Lipinski definition) is 7. The fourth-order valence-electron chi connectivity index (χ4n) is 4.33. The van der Waals surface area contributed by atoms with Crippen LogP contribution in [0.4, 0.5) is 4.39 Å². The van der Waals surface area contributed by atoms with E-state index in [0.29, 0.717) is 44.4 Å². The number of ether oxygens (including phenoxy) is 1. The number of piperazine rings is 1. The number of imidazole rings is 1. The summed E-state index contributed by atoms with van der Waals surface area (Å²) in [5.41, 5.74) is 2.78. The van der Waals surface area contributed by atoms with Gasteiger partial charge < -0.3 is 18.7 Å². The molecule has 0 N–H and O–H groups in total. The highest BCUT2D eigenvalue weighted by Gasteiger charge is 2.26. The van der Waals surface area contributed by atoms with Crippen LogP contribution >= 0.6 is 0 Å². The second-order valence-electron chi connectivity index (χ2n) is 8.79. The summed E-state index contributed by atoms with van der Waals surface area (Å²) in [6.07, 6.45) is 3.59. The zero-order chi connectivity index (χ0) is 25.1. The molecule has 1 atom stereocenters. The Morgan fingerprint density at radius 2 is 1.86 bits per heavy atom. The third kappa shape index (κ3) is 5.13. The van der Waals surface area contributed by atoms with Gasteiger partial charge in [0.2, 0.25) is 5.91 Å². The van der Waals surface area contributed by atoms with Crippen LogP contribution in [0.15, 0.2) is 65.6 Å². The van der Waals surface area contributed by atoms with Gasteiger partial charge in [0, 0.05) is 31.4 Å². The lowest BCUT2D eigenvalue weighted by atomic mass is 10.1. The van der Waals surface area contributed by atoms with Crippen molar-refractivity contribution in [3.05, 3.63) is 84.0 Å². The van der Waals surface area contributed by atoms with Gasteiger partial charge in [-0.1, -0.05) is 17.3 Å². The van der Waals surface area contributed by atoms with Gasteiger partial charge in [0.25, 0.3) is 5.89 Å². The monoisotopic (exact) mass is 490 g/mol. The molecular weight excluding hydrogens is 463 g/mol. The van der Waals surface area contributed by atoms with Crippen molar-refractivity contribution in [3.8, 4) is 17.2 Å². The second-order valence-corrected chi connectivity index (χ2v) is 8.79. The average Bonchev–Trinajstić information content (AvgIpc) is 3.55. The molecule has 1 saturated heterocycles. The number of halogens is 1. The average molecular weight is 491 g/mol. The summed E-state index contributed by atoms with van der Waals surface area (Å²) >= 11 is 0. The van der Waals surface area contributed by atoms with E-state index in [-0.39, 0.29) is 17.8 Å². The molecule has 1 amide bonds. The van der Waals surface area contributed by atoms with E-state index in [4.69, 9.17) is 9.26 Å². The summed E-state index contributed by atoms with van der Waals surface area (Å²) < 4.78 is 25.9. The minimum Gasteiger partial charge on any atom is -0.497 e. The molecule has 2 aromatic heterocycles. The summed E-state index contributed by atoms with van der Waals surface area (Å²) in [5, 5.41) is 4.05. The summed E-state index contributed by atoms with van der Waals surface area (Å²) in [4.78, 5) is 25.5. The Labute approximate surface area is 208 Å². The van der Waals surface area contributed by atoms with Gasteiger partial charge in [0.15, 0.2) is 5.82 Å². The number of carbonyl (C=O) groups excluding carboxylic acids is 1. The lowest BCUT2D eigenvalue weighted by Crippen LogP contribution is -2.49. The van der Waals surface area contributed by atoms with Crippen LogP contribution in [0.1, 0.15) is 30.0 Å². The first-order chi connectivity index (χ1) is 17.5. The molecule has 1 aliphatic rings. The quantitative estimate of drug-likeness (QED) is 0.373. The highest BCUT2D eigenvalue weighted by molar-refractivity contribution is 5.79. The molecule has 0 radical (unpaired) electrons. The van der Waals surface area contributed by atoms with E-state index in [1.54, 1.807) is 30.5 Å². The third-order valence-electron chi connectivity index (χ3n) is 6.44. The van der Waals surface area contributed by atoms with Gasteiger partial charge in [-0.3, -0.25) is 9.69 Å². The predicted molar refractivity (Wildman–Crippen MR) is 129 cm³/mol. The van der Waals surface area contributed by atoms with Gasteiger partial charge >= 0.3 is 0 Å². The molecule has 0 spiro atoms. The summed E-state index contributed by atoms with van der Waals surface area (Å²) in [5.74, 6) is 1.37. The normalized spacial score (nSPS) is 15.3. The van der Waals surface area contributed by atoms with Gasteiger partial charge in [-0.05, 0) is 48.9 Å². The molecule has 5 rings (SSSR count). The highest BCUT2D eigenvalue weighted by Crippen LogP contribution is 2.23. The van der Waals surface area contributed by atoms with Crippen LogP contribution in [0.3, 0.4) is 0 Å². The first-order valence-electron chi connectivity index (χ1n) is 11.7. The number of amides is 1. The van der Waals surface area contributed by atoms with Gasteiger partial charge in [0.1, 0.15) is 11.6 Å². The number of nitrogens with zero attached hydrogens (tertiary/aromatic N) is 6. The Bertz CT molecular complexity index is 1320. The van der Waals surface area contributed by atoms with Crippen molar-refractivity contribution in [2.75, 3.05) is 26.7 Å².